The number of nitrogens with zero attached hydrogens (tertiary/aromatic N) is 3. The topological polar surface area (TPSA) is 139 Å². The zero-order valence-corrected chi connectivity index (χ0v) is 24.6. The molecular formula is C31H39N5O6. The van der Waals surface area contributed by atoms with E-state index in [0.29, 0.717) is 35.4 Å². The third kappa shape index (κ3) is 7.20. The monoisotopic (exact) mass is 577 g/mol. The number of fused-ring (bicyclic) bond motifs is 1. The lowest BCUT2D eigenvalue weighted by atomic mass is 9.91. The molecule has 1 aliphatic heterocycles. The Morgan fingerprint density at radius 1 is 1.17 bits per heavy atom. The summed E-state index contributed by atoms with van der Waals surface area (Å²) in [6.07, 6.45) is 5.19. The molecule has 0 spiro atoms. The highest BCUT2D eigenvalue weighted by Crippen LogP contribution is 2.30. The largest absolute Gasteiger partial charge is 0.486 e. The van der Waals surface area contributed by atoms with Crippen molar-refractivity contribution < 1.29 is 28.6 Å². The minimum Gasteiger partial charge on any atom is -0.486 e. The van der Waals surface area contributed by atoms with E-state index < -0.39 is 23.8 Å². The van der Waals surface area contributed by atoms with E-state index >= 15 is 0 Å². The first kappa shape index (κ1) is 29.4. The summed E-state index contributed by atoms with van der Waals surface area (Å²) in [7, 11) is 0. The summed E-state index contributed by atoms with van der Waals surface area (Å²) >= 11 is 0. The lowest BCUT2D eigenvalue weighted by Gasteiger charge is -2.40. The molecule has 5 rings (SSSR count). The van der Waals surface area contributed by atoms with Crippen LogP contribution < -0.4 is 15.4 Å². The van der Waals surface area contributed by atoms with Gasteiger partial charge in [-0.25, -0.2) is 14.8 Å². The van der Waals surface area contributed by atoms with Crippen LogP contribution in [-0.4, -0.2) is 62.3 Å². The SMILES string of the molecule is Cc1ncoc1COc1ccc2c(c1)CN(C(=O)OC(C)(C)C)C([C@H](O)CNC(=O)c1ccnc(NC3CCC3)c1)C2. The second kappa shape index (κ2) is 12.4. The molecule has 1 saturated carbocycles. The molecule has 1 aromatic carbocycles. The Kier molecular flexibility index (Phi) is 8.67. The molecule has 2 amide bonds. The molecule has 1 aliphatic carbocycles. The van der Waals surface area contributed by atoms with Crippen molar-refractivity contribution in [2.45, 2.75) is 90.3 Å². The molecule has 0 bridgehead atoms. The molecule has 3 heterocycles. The second-order valence-corrected chi connectivity index (χ2v) is 11.9. The molecule has 1 fully saturated rings. The summed E-state index contributed by atoms with van der Waals surface area (Å²) in [6.45, 7) is 7.67. The van der Waals surface area contributed by atoms with Gasteiger partial charge in [-0.2, -0.15) is 0 Å². The minimum atomic E-state index is -1.03. The predicted molar refractivity (Wildman–Crippen MR) is 155 cm³/mol. The van der Waals surface area contributed by atoms with Crippen LogP contribution >= 0.6 is 0 Å². The number of hydrogen-bond acceptors (Lipinski definition) is 9. The molecule has 3 aromatic rings. The zero-order chi connectivity index (χ0) is 29.9. The highest BCUT2D eigenvalue weighted by Gasteiger charge is 2.37. The third-order valence-electron chi connectivity index (χ3n) is 7.59. The first-order valence-corrected chi connectivity index (χ1v) is 14.4. The highest BCUT2D eigenvalue weighted by atomic mass is 16.6. The normalized spacial score (nSPS) is 17.5. The predicted octanol–water partition coefficient (Wildman–Crippen LogP) is 4.37. The molecule has 0 radical (unpaired) electrons. The van der Waals surface area contributed by atoms with Gasteiger partial charge in [0.1, 0.15) is 23.8 Å². The first-order valence-electron chi connectivity index (χ1n) is 14.4. The molecule has 11 nitrogen and oxygen atoms in total. The number of nitrogens with one attached hydrogen (secondary N) is 2. The number of carbonyl (C=O) groups is 2. The van der Waals surface area contributed by atoms with Crippen molar-refractivity contribution in [1.29, 1.82) is 0 Å². The number of aromatic nitrogens is 2. The molecule has 1 unspecified atom stereocenters. The number of oxazole rings is 1. The summed E-state index contributed by atoms with van der Waals surface area (Å²) < 4.78 is 17.0. The molecule has 11 heteroatoms. The van der Waals surface area contributed by atoms with Crippen LogP contribution in [0.3, 0.4) is 0 Å². The number of carbonyl (C=O) groups excluding carboxylic acids is 2. The van der Waals surface area contributed by atoms with Gasteiger partial charge in [-0.1, -0.05) is 6.07 Å². The van der Waals surface area contributed by atoms with E-state index in [1.807, 2.05) is 25.1 Å². The Labute approximate surface area is 245 Å². The van der Waals surface area contributed by atoms with E-state index in [9.17, 15) is 14.7 Å². The molecule has 0 saturated heterocycles. The van der Waals surface area contributed by atoms with E-state index in [1.54, 1.807) is 39.1 Å². The highest BCUT2D eigenvalue weighted by molar-refractivity contribution is 5.94. The fourth-order valence-electron chi connectivity index (χ4n) is 5.00. The molecule has 224 valence electrons. The van der Waals surface area contributed by atoms with Gasteiger partial charge in [0.05, 0.1) is 17.8 Å². The maximum atomic E-state index is 13.3. The lowest BCUT2D eigenvalue weighted by molar-refractivity contribution is -0.0113. The van der Waals surface area contributed by atoms with Crippen LogP contribution in [-0.2, 0) is 24.3 Å². The molecule has 2 aliphatic rings. The molecular weight excluding hydrogens is 538 g/mol. The molecule has 42 heavy (non-hydrogen) atoms. The van der Waals surface area contributed by atoms with Gasteiger partial charge in [-0.15, -0.1) is 0 Å². The van der Waals surface area contributed by atoms with Crippen LogP contribution in [0.2, 0.25) is 0 Å². The van der Waals surface area contributed by atoms with Gasteiger partial charge in [0, 0.05) is 30.9 Å². The Bertz CT molecular complexity index is 1410. The van der Waals surface area contributed by atoms with Crippen LogP contribution in [0.5, 0.6) is 5.75 Å². The zero-order valence-electron chi connectivity index (χ0n) is 24.6. The smallest absolute Gasteiger partial charge is 0.410 e. The van der Waals surface area contributed by atoms with Gasteiger partial charge in [-0.05, 0) is 88.8 Å². The summed E-state index contributed by atoms with van der Waals surface area (Å²) in [5.41, 5.74) is 2.37. The van der Waals surface area contributed by atoms with Crippen molar-refractivity contribution in [3.63, 3.8) is 0 Å². The van der Waals surface area contributed by atoms with Gasteiger partial charge in [0.15, 0.2) is 12.2 Å². The van der Waals surface area contributed by atoms with Crippen molar-refractivity contribution in [1.82, 2.24) is 20.2 Å². The van der Waals surface area contributed by atoms with Gasteiger partial charge in [0.25, 0.3) is 5.91 Å². The molecule has 2 atom stereocenters. The number of ether oxygens (including phenoxy) is 2. The number of pyridine rings is 1. The van der Waals surface area contributed by atoms with Crippen LogP contribution in [0.1, 0.15) is 73.0 Å². The van der Waals surface area contributed by atoms with E-state index in [2.05, 4.69) is 20.6 Å². The van der Waals surface area contributed by atoms with E-state index in [1.165, 1.54) is 17.7 Å². The van der Waals surface area contributed by atoms with Crippen molar-refractivity contribution in [3.05, 3.63) is 71.1 Å². The summed E-state index contributed by atoms with van der Waals surface area (Å²) in [6, 6.07) is 8.83. The number of anilines is 1. The number of benzene rings is 1. The standard InChI is InChI=1S/C31H39N5O6/c1-19-27(41-18-34-19)17-40-24-9-8-20-13-25(36(16-22(20)12-24)30(39)42-31(2,3)4)26(37)15-33-29(38)21-10-11-32-28(14-21)35-23-6-5-7-23/h8-12,14,18,23,25-26,37H,5-7,13,15-17H2,1-4H3,(H,32,35)(H,33,38)/t25?,26-/m1/s1. The van der Waals surface area contributed by atoms with Crippen LogP contribution in [0.25, 0.3) is 0 Å². The Morgan fingerprint density at radius 2 is 1.98 bits per heavy atom. The average Bonchev–Trinajstić information content (AvgIpc) is 3.35. The van der Waals surface area contributed by atoms with Gasteiger partial charge < -0.3 is 29.6 Å². The second-order valence-electron chi connectivity index (χ2n) is 11.9. The fraction of sp³-hybridized carbons (Fsp3) is 0.484. The van der Waals surface area contributed by atoms with Crippen molar-refractivity contribution in [2.75, 3.05) is 11.9 Å². The van der Waals surface area contributed by atoms with Crippen LogP contribution in [0.4, 0.5) is 10.6 Å². The van der Waals surface area contributed by atoms with E-state index in [0.717, 1.165) is 29.7 Å². The number of aliphatic hydroxyl groups excluding tert-OH is 1. The first-order chi connectivity index (χ1) is 20.1. The Morgan fingerprint density at radius 3 is 2.67 bits per heavy atom. The quantitative estimate of drug-likeness (QED) is 0.338. The molecule has 2 aromatic heterocycles. The minimum absolute atomic E-state index is 0.0381. The van der Waals surface area contributed by atoms with Crippen LogP contribution in [0, 0.1) is 6.92 Å². The maximum Gasteiger partial charge on any atom is 0.410 e. The number of aryl methyl sites for hydroxylation is 1. The summed E-state index contributed by atoms with van der Waals surface area (Å²) in [5, 5.41) is 17.4. The number of hydrogen-bond donors (Lipinski definition) is 3. The summed E-state index contributed by atoms with van der Waals surface area (Å²) in [4.78, 5) is 36.2. The van der Waals surface area contributed by atoms with Gasteiger partial charge >= 0.3 is 6.09 Å². The number of aliphatic hydroxyl groups is 1. The van der Waals surface area contributed by atoms with Crippen molar-refractivity contribution >= 4 is 17.8 Å². The number of amides is 2. The van der Waals surface area contributed by atoms with Gasteiger partial charge in [-0.3, -0.25) is 9.69 Å². The number of rotatable bonds is 9. The lowest BCUT2D eigenvalue weighted by Crippen LogP contribution is -2.54. The third-order valence-corrected chi connectivity index (χ3v) is 7.59. The van der Waals surface area contributed by atoms with Crippen molar-refractivity contribution in [3.8, 4) is 5.75 Å². The Balaban J connectivity index is 1.27. The van der Waals surface area contributed by atoms with Gasteiger partial charge in [0.2, 0.25) is 0 Å². The Hall–Kier alpha value is -4.12. The average molecular weight is 578 g/mol. The fourth-order valence-corrected chi connectivity index (χ4v) is 5.00. The maximum absolute atomic E-state index is 13.3. The van der Waals surface area contributed by atoms with E-state index in [4.69, 9.17) is 13.9 Å². The molecule has 3 N–H and O–H groups in total. The van der Waals surface area contributed by atoms with Crippen molar-refractivity contribution in [2.24, 2.45) is 0 Å². The summed E-state index contributed by atoms with van der Waals surface area (Å²) in [5.74, 6) is 1.61. The van der Waals surface area contributed by atoms with Crippen LogP contribution in [0.15, 0.2) is 47.3 Å². The van der Waals surface area contributed by atoms with E-state index in [-0.39, 0.29) is 25.6 Å².